The van der Waals surface area contributed by atoms with Crippen molar-refractivity contribution in [2.24, 2.45) is 5.92 Å². The van der Waals surface area contributed by atoms with Gasteiger partial charge in [-0.05, 0) is 28.8 Å². The first-order valence-corrected chi connectivity index (χ1v) is 7.21. The Morgan fingerprint density at radius 3 is 2.47 bits per heavy atom. The standard InChI is InChI=1S/C12H19BrClN3/c1-4-9(5-2)7-17(6-3)12-10(13)11(14)15-8-16-12/h8-9H,4-7H2,1-3H3. The predicted molar refractivity (Wildman–Crippen MR) is 76.7 cm³/mol. The lowest BCUT2D eigenvalue weighted by atomic mass is 10.0. The molecular weight excluding hydrogens is 302 g/mol. The van der Waals surface area contributed by atoms with Crippen LogP contribution in [0, 0.1) is 5.92 Å². The van der Waals surface area contributed by atoms with Gasteiger partial charge in [0.15, 0.2) is 0 Å². The van der Waals surface area contributed by atoms with Crippen molar-refractivity contribution in [3.63, 3.8) is 0 Å². The molecule has 0 aliphatic rings. The van der Waals surface area contributed by atoms with Crippen molar-refractivity contribution in [1.29, 1.82) is 0 Å². The topological polar surface area (TPSA) is 29.0 Å². The molecule has 17 heavy (non-hydrogen) atoms. The van der Waals surface area contributed by atoms with Crippen molar-refractivity contribution < 1.29 is 0 Å². The van der Waals surface area contributed by atoms with Crippen LogP contribution in [-0.4, -0.2) is 23.1 Å². The van der Waals surface area contributed by atoms with Crippen molar-refractivity contribution in [3.8, 4) is 0 Å². The molecular formula is C12H19BrClN3. The van der Waals surface area contributed by atoms with Crippen LogP contribution in [0.4, 0.5) is 5.82 Å². The van der Waals surface area contributed by atoms with Gasteiger partial charge in [0.1, 0.15) is 17.3 Å². The summed E-state index contributed by atoms with van der Waals surface area (Å²) >= 11 is 9.45. The van der Waals surface area contributed by atoms with Gasteiger partial charge in [0.05, 0.1) is 4.47 Å². The minimum Gasteiger partial charge on any atom is -0.356 e. The fourth-order valence-corrected chi connectivity index (χ4v) is 2.37. The summed E-state index contributed by atoms with van der Waals surface area (Å²) in [5, 5.41) is 0.470. The maximum atomic E-state index is 5.99. The second-order valence-corrected chi connectivity index (χ2v) is 5.17. The molecule has 0 amide bonds. The smallest absolute Gasteiger partial charge is 0.148 e. The molecule has 1 aromatic heterocycles. The summed E-state index contributed by atoms with van der Waals surface area (Å²) < 4.78 is 0.787. The highest BCUT2D eigenvalue weighted by Gasteiger charge is 2.16. The zero-order chi connectivity index (χ0) is 12.8. The first-order chi connectivity index (χ1) is 8.13. The van der Waals surface area contributed by atoms with Gasteiger partial charge in [-0.3, -0.25) is 0 Å². The maximum absolute atomic E-state index is 5.99. The molecule has 1 aromatic rings. The minimum absolute atomic E-state index is 0.470. The van der Waals surface area contributed by atoms with Crippen LogP contribution in [0.5, 0.6) is 0 Å². The van der Waals surface area contributed by atoms with Gasteiger partial charge in [-0.15, -0.1) is 0 Å². The molecule has 1 heterocycles. The Kier molecular flexibility index (Phi) is 6.20. The Balaban J connectivity index is 2.89. The molecule has 0 aliphatic carbocycles. The number of nitrogens with zero attached hydrogens (tertiary/aromatic N) is 3. The third-order valence-corrected chi connectivity index (χ3v) is 4.29. The van der Waals surface area contributed by atoms with Crippen LogP contribution in [0.3, 0.4) is 0 Å². The van der Waals surface area contributed by atoms with Crippen LogP contribution in [0.15, 0.2) is 10.8 Å². The maximum Gasteiger partial charge on any atom is 0.148 e. The first-order valence-electron chi connectivity index (χ1n) is 6.04. The number of anilines is 1. The van der Waals surface area contributed by atoms with Gasteiger partial charge in [0.25, 0.3) is 0 Å². The Hall–Kier alpha value is -0.350. The predicted octanol–water partition coefficient (Wildman–Crippen LogP) is 4.16. The highest BCUT2D eigenvalue weighted by atomic mass is 79.9. The number of hydrogen-bond acceptors (Lipinski definition) is 3. The molecule has 0 saturated heterocycles. The van der Waals surface area contributed by atoms with Gasteiger partial charge in [-0.25, -0.2) is 9.97 Å². The van der Waals surface area contributed by atoms with Crippen LogP contribution in [-0.2, 0) is 0 Å². The van der Waals surface area contributed by atoms with E-state index in [1.165, 1.54) is 19.2 Å². The molecule has 0 bridgehead atoms. The molecule has 0 atom stereocenters. The van der Waals surface area contributed by atoms with E-state index in [0.29, 0.717) is 11.1 Å². The van der Waals surface area contributed by atoms with Crippen LogP contribution < -0.4 is 4.90 Å². The van der Waals surface area contributed by atoms with E-state index in [4.69, 9.17) is 11.6 Å². The van der Waals surface area contributed by atoms with Gasteiger partial charge < -0.3 is 4.90 Å². The summed E-state index contributed by atoms with van der Waals surface area (Å²) in [5.41, 5.74) is 0. The third kappa shape index (κ3) is 3.81. The number of aromatic nitrogens is 2. The lowest BCUT2D eigenvalue weighted by molar-refractivity contribution is 0.484. The van der Waals surface area contributed by atoms with E-state index in [1.807, 2.05) is 0 Å². The molecule has 0 aliphatic heterocycles. The summed E-state index contributed by atoms with van der Waals surface area (Å²) in [4.78, 5) is 10.5. The highest BCUT2D eigenvalue weighted by Crippen LogP contribution is 2.29. The first kappa shape index (κ1) is 14.7. The minimum atomic E-state index is 0.470. The molecule has 0 unspecified atom stereocenters. The number of halogens is 2. The molecule has 0 spiro atoms. The third-order valence-electron chi connectivity index (χ3n) is 3.04. The van der Waals surface area contributed by atoms with Crippen molar-refractivity contribution in [3.05, 3.63) is 16.0 Å². The molecule has 0 saturated carbocycles. The fraction of sp³-hybridized carbons (Fsp3) is 0.667. The van der Waals surface area contributed by atoms with Crippen LogP contribution in [0.2, 0.25) is 5.15 Å². The largest absolute Gasteiger partial charge is 0.356 e. The Labute approximate surface area is 117 Å². The van der Waals surface area contributed by atoms with Crippen molar-refractivity contribution in [2.75, 3.05) is 18.0 Å². The normalized spacial score (nSPS) is 10.9. The fourth-order valence-electron chi connectivity index (χ4n) is 1.78. The lowest BCUT2D eigenvalue weighted by Crippen LogP contribution is -2.30. The molecule has 96 valence electrons. The Morgan fingerprint density at radius 1 is 1.29 bits per heavy atom. The van der Waals surface area contributed by atoms with E-state index in [1.54, 1.807) is 0 Å². The van der Waals surface area contributed by atoms with Gasteiger partial charge in [-0.2, -0.15) is 0 Å². The van der Waals surface area contributed by atoms with Crippen LogP contribution in [0.25, 0.3) is 0 Å². The summed E-state index contributed by atoms with van der Waals surface area (Å²) in [6, 6.07) is 0. The summed E-state index contributed by atoms with van der Waals surface area (Å²) in [6.45, 7) is 8.51. The van der Waals surface area contributed by atoms with Gasteiger partial charge in [-0.1, -0.05) is 38.3 Å². The lowest BCUT2D eigenvalue weighted by Gasteiger charge is -2.27. The quantitative estimate of drug-likeness (QED) is 0.737. The van der Waals surface area contributed by atoms with E-state index in [2.05, 4.69) is 51.6 Å². The van der Waals surface area contributed by atoms with E-state index in [-0.39, 0.29) is 0 Å². The molecule has 3 nitrogen and oxygen atoms in total. The van der Waals surface area contributed by atoms with E-state index < -0.39 is 0 Å². The average Bonchev–Trinajstić information content (AvgIpc) is 2.35. The van der Waals surface area contributed by atoms with Gasteiger partial charge in [0, 0.05) is 13.1 Å². The van der Waals surface area contributed by atoms with E-state index >= 15 is 0 Å². The monoisotopic (exact) mass is 319 g/mol. The zero-order valence-electron chi connectivity index (χ0n) is 10.6. The van der Waals surface area contributed by atoms with E-state index in [9.17, 15) is 0 Å². The highest BCUT2D eigenvalue weighted by molar-refractivity contribution is 9.10. The SMILES string of the molecule is CCC(CC)CN(CC)c1ncnc(Cl)c1Br. The summed E-state index contributed by atoms with van der Waals surface area (Å²) in [6.07, 6.45) is 3.88. The average molecular weight is 321 g/mol. The van der Waals surface area contributed by atoms with Crippen molar-refractivity contribution >= 4 is 33.3 Å². The Bertz CT molecular complexity index is 356. The molecule has 5 heteroatoms. The molecule has 0 fully saturated rings. The molecule has 1 rings (SSSR count). The number of hydrogen-bond donors (Lipinski definition) is 0. The second-order valence-electron chi connectivity index (χ2n) is 4.02. The number of rotatable bonds is 6. The molecule has 0 aromatic carbocycles. The van der Waals surface area contributed by atoms with Crippen molar-refractivity contribution in [2.45, 2.75) is 33.6 Å². The zero-order valence-corrected chi connectivity index (χ0v) is 12.9. The van der Waals surface area contributed by atoms with E-state index in [0.717, 1.165) is 23.4 Å². The van der Waals surface area contributed by atoms with Gasteiger partial charge in [0.2, 0.25) is 0 Å². The molecule has 0 N–H and O–H groups in total. The molecule has 0 radical (unpaired) electrons. The van der Waals surface area contributed by atoms with Crippen LogP contribution in [0.1, 0.15) is 33.6 Å². The second kappa shape index (κ2) is 7.17. The summed E-state index contributed by atoms with van der Waals surface area (Å²) in [7, 11) is 0. The Morgan fingerprint density at radius 2 is 1.94 bits per heavy atom. The van der Waals surface area contributed by atoms with Crippen LogP contribution >= 0.6 is 27.5 Å². The van der Waals surface area contributed by atoms with Crippen molar-refractivity contribution in [1.82, 2.24) is 9.97 Å². The summed E-state index contributed by atoms with van der Waals surface area (Å²) in [5.74, 6) is 1.58. The van der Waals surface area contributed by atoms with Gasteiger partial charge >= 0.3 is 0 Å².